The van der Waals surface area contributed by atoms with E-state index in [1.807, 2.05) is 0 Å². The Hall–Kier alpha value is -0.120. The summed E-state index contributed by atoms with van der Waals surface area (Å²) in [5, 5.41) is 9.68. The average molecular weight is 229 g/mol. The molecule has 1 unspecified atom stereocenters. The van der Waals surface area contributed by atoms with E-state index in [1.165, 1.54) is 25.7 Å². The highest BCUT2D eigenvalue weighted by molar-refractivity contribution is 4.84. The highest BCUT2D eigenvalue weighted by Crippen LogP contribution is 2.37. The maximum atomic E-state index is 9.68. The van der Waals surface area contributed by atoms with E-state index < -0.39 is 0 Å². The summed E-state index contributed by atoms with van der Waals surface area (Å²) in [6.07, 6.45) is 4.80. The molecule has 1 aliphatic heterocycles. The van der Waals surface area contributed by atoms with Crippen LogP contribution in [0.5, 0.6) is 0 Å². The summed E-state index contributed by atoms with van der Waals surface area (Å²) in [6.45, 7) is 8.07. The van der Waals surface area contributed by atoms with Crippen molar-refractivity contribution in [3.63, 3.8) is 0 Å². The lowest BCUT2D eigenvalue weighted by Crippen LogP contribution is -2.43. The quantitative estimate of drug-likeness (QED) is 0.755. The Morgan fingerprint density at radius 2 is 1.81 bits per heavy atom. The predicted octanol–water partition coefficient (Wildman–Crippen LogP) is 1.90. The number of aliphatic hydroxyl groups is 1. The van der Waals surface area contributed by atoms with Gasteiger partial charge in [0.25, 0.3) is 0 Å². The summed E-state index contributed by atoms with van der Waals surface area (Å²) in [5.41, 5.74) is 0.572. The molecule has 0 aromatic carbocycles. The zero-order valence-electron chi connectivity index (χ0n) is 11.0. The maximum absolute atomic E-state index is 9.68. The van der Waals surface area contributed by atoms with Crippen LogP contribution in [0.15, 0.2) is 0 Å². The van der Waals surface area contributed by atoms with Crippen LogP contribution in [0, 0.1) is 5.41 Å². The van der Waals surface area contributed by atoms with Crippen LogP contribution in [0.1, 0.15) is 39.5 Å². The van der Waals surface area contributed by atoms with Gasteiger partial charge in [0.1, 0.15) is 0 Å². The van der Waals surface area contributed by atoms with Gasteiger partial charge in [0.15, 0.2) is 0 Å². The van der Waals surface area contributed by atoms with Crippen molar-refractivity contribution in [3.05, 3.63) is 0 Å². The molecule has 3 heteroatoms. The molecule has 0 saturated carbocycles. The van der Waals surface area contributed by atoms with E-state index in [0.717, 1.165) is 19.6 Å². The minimum atomic E-state index is -0.333. The highest BCUT2D eigenvalue weighted by Gasteiger charge is 2.31. The number of likely N-dealkylation sites (tertiary alicyclic amines) is 1. The smallest absolute Gasteiger partial charge is 0.0900 e. The molecule has 1 fully saturated rings. The van der Waals surface area contributed by atoms with Crippen molar-refractivity contribution >= 4 is 0 Å². The second kappa shape index (κ2) is 6.58. The van der Waals surface area contributed by atoms with Crippen LogP contribution >= 0.6 is 0 Å². The van der Waals surface area contributed by atoms with Crippen molar-refractivity contribution < 1.29 is 9.84 Å². The first-order valence-corrected chi connectivity index (χ1v) is 6.55. The Morgan fingerprint density at radius 1 is 1.25 bits per heavy atom. The molecule has 0 bridgehead atoms. The summed E-state index contributed by atoms with van der Waals surface area (Å²) >= 11 is 0. The minimum Gasteiger partial charge on any atom is -0.389 e. The third kappa shape index (κ3) is 3.72. The van der Waals surface area contributed by atoms with Gasteiger partial charge in [-0.3, -0.25) is 0 Å². The van der Waals surface area contributed by atoms with Gasteiger partial charge in [0.2, 0.25) is 0 Å². The number of nitrogens with zero attached hydrogens (tertiary/aromatic N) is 1. The van der Waals surface area contributed by atoms with Crippen LogP contribution in [0.25, 0.3) is 0 Å². The molecule has 0 spiro atoms. The molecule has 1 heterocycles. The van der Waals surface area contributed by atoms with Crippen LogP contribution in [0.3, 0.4) is 0 Å². The molecule has 1 aliphatic rings. The standard InChI is InChI=1S/C13H27NO2/c1-4-13(5-2)6-8-14(9-7-13)10-12(15)11-16-3/h12,15H,4-11H2,1-3H3. The van der Waals surface area contributed by atoms with Crippen LogP contribution in [0.2, 0.25) is 0 Å². The number of hydrogen-bond donors (Lipinski definition) is 1. The van der Waals surface area contributed by atoms with Gasteiger partial charge < -0.3 is 14.7 Å². The van der Waals surface area contributed by atoms with E-state index in [1.54, 1.807) is 7.11 Å². The second-order valence-corrected chi connectivity index (χ2v) is 5.12. The lowest BCUT2D eigenvalue weighted by Gasteiger charge is -2.41. The summed E-state index contributed by atoms with van der Waals surface area (Å²) in [5.74, 6) is 0. The summed E-state index contributed by atoms with van der Waals surface area (Å²) < 4.78 is 4.95. The van der Waals surface area contributed by atoms with Crippen molar-refractivity contribution in [1.29, 1.82) is 0 Å². The lowest BCUT2D eigenvalue weighted by atomic mass is 9.74. The van der Waals surface area contributed by atoms with Crippen LogP contribution in [0.4, 0.5) is 0 Å². The fourth-order valence-corrected chi connectivity index (χ4v) is 2.71. The van der Waals surface area contributed by atoms with Gasteiger partial charge in [-0.1, -0.05) is 26.7 Å². The molecule has 3 nitrogen and oxygen atoms in total. The molecular formula is C13H27NO2. The molecule has 1 N–H and O–H groups in total. The molecule has 96 valence electrons. The van der Waals surface area contributed by atoms with E-state index in [-0.39, 0.29) is 6.10 Å². The fourth-order valence-electron chi connectivity index (χ4n) is 2.71. The van der Waals surface area contributed by atoms with Crippen LogP contribution < -0.4 is 0 Å². The minimum absolute atomic E-state index is 0.333. The normalized spacial score (nSPS) is 23.2. The third-order valence-electron chi connectivity index (χ3n) is 4.24. The SMILES string of the molecule is CCC1(CC)CCN(CC(O)COC)CC1. The van der Waals surface area contributed by atoms with Crippen LogP contribution in [-0.2, 0) is 4.74 Å². The van der Waals surface area contributed by atoms with Gasteiger partial charge >= 0.3 is 0 Å². The van der Waals surface area contributed by atoms with Crippen molar-refractivity contribution in [2.75, 3.05) is 33.4 Å². The van der Waals surface area contributed by atoms with E-state index in [4.69, 9.17) is 4.74 Å². The zero-order chi connectivity index (χ0) is 12.0. The van der Waals surface area contributed by atoms with Crippen molar-refractivity contribution in [1.82, 2.24) is 4.90 Å². The Balaban J connectivity index is 2.31. The maximum Gasteiger partial charge on any atom is 0.0900 e. The van der Waals surface area contributed by atoms with Gasteiger partial charge in [-0.25, -0.2) is 0 Å². The topological polar surface area (TPSA) is 32.7 Å². The number of piperidine rings is 1. The van der Waals surface area contributed by atoms with Crippen LogP contribution in [-0.4, -0.2) is 49.5 Å². The van der Waals surface area contributed by atoms with Gasteiger partial charge in [-0.05, 0) is 31.3 Å². The summed E-state index contributed by atoms with van der Waals surface area (Å²) in [6, 6.07) is 0. The van der Waals surface area contributed by atoms with E-state index in [9.17, 15) is 5.11 Å². The number of hydrogen-bond acceptors (Lipinski definition) is 3. The summed E-state index contributed by atoms with van der Waals surface area (Å²) in [7, 11) is 1.64. The number of β-amino-alcohol motifs (C(OH)–C–C–N with tert-alkyl or cyclic N) is 1. The van der Waals surface area contributed by atoms with Gasteiger partial charge in [0.05, 0.1) is 12.7 Å². The molecule has 16 heavy (non-hydrogen) atoms. The number of rotatable bonds is 6. The molecule has 1 rings (SSSR count). The molecule has 0 aromatic heterocycles. The van der Waals surface area contributed by atoms with E-state index >= 15 is 0 Å². The van der Waals surface area contributed by atoms with Gasteiger partial charge in [-0.2, -0.15) is 0 Å². The lowest BCUT2D eigenvalue weighted by molar-refractivity contribution is 0.0159. The van der Waals surface area contributed by atoms with Gasteiger partial charge in [0, 0.05) is 13.7 Å². The van der Waals surface area contributed by atoms with Crippen molar-refractivity contribution in [2.45, 2.75) is 45.6 Å². The number of aliphatic hydroxyl groups excluding tert-OH is 1. The first kappa shape index (κ1) is 13.9. The monoisotopic (exact) mass is 229 g/mol. The highest BCUT2D eigenvalue weighted by atomic mass is 16.5. The zero-order valence-corrected chi connectivity index (χ0v) is 11.0. The Kier molecular flexibility index (Phi) is 5.73. The van der Waals surface area contributed by atoms with Crippen molar-refractivity contribution in [2.24, 2.45) is 5.41 Å². The van der Waals surface area contributed by atoms with E-state index in [2.05, 4.69) is 18.7 Å². The molecule has 1 saturated heterocycles. The predicted molar refractivity (Wildman–Crippen MR) is 66.6 cm³/mol. The summed E-state index contributed by atoms with van der Waals surface area (Å²) in [4.78, 5) is 2.37. The van der Waals surface area contributed by atoms with Crippen molar-refractivity contribution in [3.8, 4) is 0 Å². The molecule has 0 amide bonds. The second-order valence-electron chi connectivity index (χ2n) is 5.12. The molecule has 1 atom stereocenters. The fraction of sp³-hybridized carbons (Fsp3) is 1.00. The number of methoxy groups -OCH3 is 1. The Bertz CT molecular complexity index is 182. The van der Waals surface area contributed by atoms with E-state index in [0.29, 0.717) is 12.0 Å². The molecule has 0 aliphatic carbocycles. The Labute approximate surface area is 99.8 Å². The first-order valence-electron chi connectivity index (χ1n) is 6.55. The molecule has 0 radical (unpaired) electrons. The molecule has 0 aromatic rings. The average Bonchev–Trinajstić information content (AvgIpc) is 2.31. The first-order chi connectivity index (χ1) is 7.65. The largest absolute Gasteiger partial charge is 0.389 e. The van der Waals surface area contributed by atoms with Gasteiger partial charge in [-0.15, -0.1) is 0 Å². The number of ether oxygens (including phenoxy) is 1. The Morgan fingerprint density at radius 3 is 2.25 bits per heavy atom. The third-order valence-corrected chi connectivity index (χ3v) is 4.24. The molecular weight excluding hydrogens is 202 g/mol.